The number of hydrogen-bond acceptors (Lipinski definition) is 3. The van der Waals surface area contributed by atoms with Crippen molar-refractivity contribution in [1.29, 1.82) is 0 Å². The van der Waals surface area contributed by atoms with E-state index in [1.54, 1.807) is 0 Å². The molecule has 0 spiro atoms. The lowest BCUT2D eigenvalue weighted by atomic mass is 10.2. The molecule has 1 saturated heterocycles. The number of halogens is 2. The van der Waals surface area contributed by atoms with Crippen molar-refractivity contribution in [3.63, 3.8) is 0 Å². The number of benzene rings is 1. The third-order valence-electron chi connectivity index (χ3n) is 3.11. The van der Waals surface area contributed by atoms with Gasteiger partial charge in [0.05, 0.1) is 6.54 Å². The predicted molar refractivity (Wildman–Crippen MR) is 83.9 cm³/mol. The number of rotatable bonds is 3. The van der Waals surface area contributed by atoms with E-state index in [-0.39, 0.29) is 18.3 Å². The van der Waals surface area contributed by atoms with Gasteiger partial charge in [-0.3, -0.25) is 9.69 Å². The molecule has 2 rings (SSSR count). The monoisotopic (exact) mass is 347 g/mol. The van der Waals surface area contributed by atoms with Gasteiger partial charge in [-0.05, 0) is 31.2 Å². The van der Waals surface area contributed by atoms with Crippen molar-refractivity contribution in [1.82, 2.24) is 10.2 Å². The molecular formula is C13H19BrClN3O. The molecule has 106 valence electrons. The largest absolute Gasteiger partial charge is 0.325 e. The summed E-state index contributed by atoms with van der Waals surface area (Å²) in [5.74, 6) is 0.0473. The van der Waals surface area contributed by atoms with Gasteiger partial charge in [0.15, 0.2) is 0 Å². The molecule has 1 amide bonds. The van der Waals surface area contributed by atoms with Crippen molar-refractivity contribution in [2.24, 2.45) is 0 Å². The van der Waals surface area contributed by atoms with Gasteiger partial charge in [-0.1, -0.05) is 15.9 Å². The highest BCUT2D eigenvalue weighted by Gasteiger charge is 2.20. The van der Waals surface area contributed by atoms with E-state index in [1.165, 1.54) is 0 Å². The third kappa shape index (κ3) is 5.10. The van der Waals surface area contributed by atoms with E-state index in [9.17, 15) is 4.79 Å². The molecule has 1 heterocycles. The van der Waals surface area contributed by atoms with Crippen molar-refractivity contribution >= 4 is 39.9 Å². The van der Waals surface area contributed by atoms with Crippen LogP contribution in [0, 0.1) is 0 Å². The summed E-state index contributed by atoms with van der Waals surface area (Å²) in [6, 6.07) is 8.03. The topological polar surface area (TPSA) is 44.4 Å². The fourth-order valence-electron chi connectivity index (χ4n) is 2.04. The summed E-state index contributed by atoms with van der Waals surface area (Å²) < 4.78 is 1.01. The van der Waals surface area contributed by atoms with Gasteiger partial charge in [0.1, 0.15) is 0 Å². The summed E-state index contributed by atoms with van der Waals surface area (Å²) in [6.45, 7) is 5.42. The fourth-order valence-corrected chi connectivity index (χ4v) is 2.30. The second-order valence-corrected chi connectivity index (χ2v) is 5.49. The third-order valence-corrected chi connectivity index (χ3v) is 3.64. The number of nitrogens with one attached hydrogen (secondary N) is 2. The summed E-state index contributed by atoms with van der Waals surface area (Å²) in [4.78, 5) is 14.1. The quantitative estimate of drug-likeness (QED) is 0.879. The number of carbonyl (C=O) groups excluding carboxylic acids is 1. The van der Waals surface area contributed by atoms with Crippen LogP contribution < -0.4 is 10.6 Å². The SMILES string of the molecule is CC1CNCCN1CC(=O)Nc1ccc(Br)cc1.Cl. The lowest BCUT2D eigenvalue weighted by Crippen LogP contribution is -2.51. The molecule has 0 bridgehead atoms. The van der Waals surface area contributed by atoms with Gasteiger partial charge in [-0.25, -0.2) is 0 Å². The van der Waals surface area contributed by atoms with Crippen LogP contribution in [0.1, 0.15) is 6.92 Å². The van der Waals surface area contributed by atoms with Gasteiger partial charge in [-0.2, -0.15) is 0 Å². The smallest absolute Gasteiger partial charge is 0.238 e. The molecule has 19 heavy (non-hydrogen) atoms. The Hall–Kier alpha value is -0.620. The number of piperazine rings is 1. The summed E-state index contributed by atoms with van der Waals surface area (Å²) in [6.07, 6.45) is 0. The Balaban J connectivity index is 0.00000180. The first kappa shape index (κ1) is 16.4. The van der Waals surface area contributed by atoms with Gasteiger partial charge < -0.3 is 10.6 Å². The average molecular weight is 349 g/mol. The number of anilines is 1. The number of nitrogens with zero attached hydrogens (tertiary/aromatic N) is 1. The van der Waals surface area contributed by atoms with Crippen molar-refractivity contribution in [2.75, 3.05) is 31.5 Å². The first-order valence-electron chi connectivity index (χ1n) is 6.15. The van der Waals surface area contributed by atoms with Gasteiger partial charge in [-0.15, -0.1) is 12.4 Å². The molecule has 1 aromatic carbocycles. The molecule has 1 atom stereocenters. The van der Waals surface area contributed by atoms with Gasteiger partial charge in [0.25, 0.3) is 0 Å². The number of amides is 1. The maximum Gasteiger partial charge on any atom is 0.238 e. The molecule has 0 aliphatic carbocycles. The second kappa shape index (κ2) is 7.85. The van der Waals surface area contributed by atoms with Crippen molar-refractivity contribution in [2.45, 2.75) is 13.0 Å². The van der Waals surface area contributed by atoms with Crippen LogP contribution in [-0.2, 0) is 4.79 Å². The average Bonchev–Trinajstić information content (AvgIpc) is 2.35. The van der Waals surface area contributed by atoms with Crippen LogP contribution in [-0.4, -0.2) is 43.0 Å². The Kier molecular flexibility index (Phi) is 6.79. The normalized spacial score (nSPS) is 19.6. The maximum atomic E-state index is 11.9. The van der Waals surface area contributed by atoms with Crippen LogP contribution in [0.3, 0.4) is 0 Å². The van der Waals surface area contributed by atoms with E-state index in [0.29, 0.717) is 12.6 Å². The molecule has 6 heteroatoms. The first-order valence-corrected chi connectivity index (χ1v) is 6.94. The van der Waals surface area contributed by atoms with Crippen LogP contribution in [0.2, 0.25) is 0 Å². The minimum Gasteiger partial charge on any atom is -0.325 e. The minimum atomic E-state index is 0. The zero-order chi connectivity index (χ0) is 13.0. The van der Waals surface area contributed by atoms with Crippen LogP contribution in [0.25, 0.3) is 0 Å². The molecule has 1 aliphatic heterocycles. The highest BCUT2D eigenvalue weighted by molar-refractivity contribution is 9.10. The lowest BCUT2D eigenvalue weighted by Gasteiger charge is -2.33. The first-order chi connectivity index (χ1) is 8.65. The van der Waals surface area contributed by atoms with Crippen LogP contribution >= 0.6 is 28.3 Å². The standard InChI is InChI=1S/C13H18BrN3O.ClH/c1-10-8-15-6-7-17(10)9-13(18)16-12-4-2-11(14)3-5-12;/h2-5,10,15H,6-9H2,1H3,(H,16,18);1H. The van der Waals surface area contributed by atoms with Crippen molar-refractivity contribution in [3.8, 4) is 0 Å². The Morgan fingerprint density at radius 3 is 2.79 bits per heavy atom. The zero-order valence-corrected chi connectivity index (χ0v) is 13.3. The zero-order valence-electron chi connectivity index (χ0n) is 10.9. The van der Waals surface area contributed by atoms with Crippen LogP contribution in [0.4, 0.5) is 5.69 Å². The van der Waals surface area contributed by atoms with E-state index in [2.05, 4.69) is 38.4 Å². The van der Waals surface area contributed by atoms with Crippen molar-refractivity contribution < 1.29 is 4.79 Å². The highest BCUT2D eigenvalue weighted by atomic mass is 79.9. The van der Waals surface area contributed by atoms with Crippen LogP contribution in [0.5, 0.6) is 0 Å². The Bertz CT molecular complexity index is 413. The van der Waals surface area contributed by atoms with Crippen molar-refractivity contribution in [3.05, 3.63) is 28.7 Å². The lowest BCUT2D eigenvalue weighted by molar-refractivity contribution is -0.118. The van der Waals surface area contributed by atoms with E-state index in [4.69, 9.17) is 0 Å². The van der Waals surface area contributed by atoms with E-state index in [0.717, 1.165) is 29.8 Å². The Morgan fingerprint density at radius 1 is 1.47 bits per heavy atom. The number of hydrogen-bond donors (Lipinski definition) is 2. The highest BCUT2D eigenvalue weighted by Crippen LogP contribution is 2.14. The van der Waals surface area contributed by atoms with Crippen LogP contribution in [0.15, 0.2) is 28.7 Å². The number of carbonyl (C=O) groups is 1. The molecule has 1 aliphatic rings. The molecule has 1 unspecified atom stereocenters. The predicted octanol–water partition coefficient (Wildman–Crippen LogP) is 2.10. The summed E-state index contributed by atoms with van der Waals surface area (Å²) >= 11 is 3.37. The van der Waals surface area contributed by atoms with Gasteiger partial charge in [0, 0.05) is 35.8 Å². The molecule has 0 radical (unpaired) electrons. The fraction of sp³-hybridized carbons (Fsp3) is 0.462. The molecular weight excluding hydrogens is 330 g/mol. The summed E-state index contributed by atoms with van der Waals surface area (Å²) in [5, 5.41) is 6.23. The molecule has 0 aromatic heterocycles. The summed E-state index contributed by atoms with van der Waals surface area (Å²) in [5.41, 5.74) is 0.839. The molecule has 1 aromatic rings. The molecule has 1 fully saturated rings. The van der Waals surface area contributed by atoms with E-state index in [1.807, 2.05) is 24.3 Å². The maximum absolute atomic E-state index is 11.9. The Labute approximate surface area is 128 Å². The molecule has 4 nitrogen and oxygen atoms in total. The molecule has 2 N–H and O–H groups in total. The second-order valence-electron chi connectivity index (χ2n) is 4.58. The molecule has 0 saturated carbocycles. The Morgan fingerprint density at radius 2 is 2.16 bits per heavy atom. The van der Waals surface area contributed by atoms with E-state index >= 15 is 0 Å². The summed E-state index contributed by atoms with van der Waals surface area (Å²) in [7, 11) is 0. The van der Waals surface area contributed by atoms with Gasteiger partial charge in [0.2, 0.25) is 5.91 Å². The minimum absolute atomic E-state index is 0. The van der Waals surface area contributed by atoms with E-state index < -0.39 is 0 Å². The van der Waals surface area contributed by atoms with Gasteiger partial charge >= 0.3 is 0 Å².